The fourth-order valence-corrected chi connectivity index (χ4v) is 3.19. The van der Waals surface area contributed by atoms with Crippen LogP contribution in [0.2, 0.25) is 0 Å². The van der Waals surface area contributed by atoms with Crippen molar-refractivity contribution in [1.29, 1.82) is 0 Å². The third kappa shape index (κ3) is 2.48. The Balaban J connectivity index is 2.34. The van der Waals surface area contributed by atoms with Crippen molar-refractivity contribution in [2.75, 3.05) is 0 Å². The van der Waals surface area contributed by atoms with Gasteiger partial charge >= 0.3 is 0 Å². The average Bonchev–Trinajstić information content (AvgIpc) is 2.74. The molecule has 78 valence electrons. The zero-order valence-corrected chi connectivity index (χ0v) is 9.84. The second-order valence-corrected chi connectivity index (χ2v) is 4.85. The Hall–Kier alpha value is 0. The normalized spacial score (nSPS) is 34.6. The van der Waals surface area contributed by atoms with Crippen LogP contribution < -0.4 is 0 Å². The minimum absolute atomic E-state index is 1.04. The van der Waals surface area contributed by atoms with Gasteiger partial charge < -0.3 is 0 Å². The molecule has 0 saturated heterocycles. The molecule has 0 nitrogen and oxygen atoms in total. The first kappa shape index (κ1) is 11.1. The third-order valence-corrected chi connectivity index (χ3v) is 3.99. The second-order valence-electron chi connectivity index (χ2n) is 4.85. The summed E-state index contributed by atoms with van der Waals surface area (Å²) in [4.78, 5) is 0. The molecule has 0 N–H and O–H groups in total. The van der Waals surface area contributed by atoms with Crippen molar-refractivity contribution in [2.45, 2.75) is 59.8 Å². The summed E-state index contributed by atoms with van der Waals surface area (Å²) in [5.41, 5.74) is 0. The summed E-state index contributed by atoms with van der Waals surface area (Å²) in [7, 11) is 0. The first-order valence-corrected chi connectivity index (χ1v) is 6.26. The van der Waals surface area contributed by atoms with E-state index in [0.717, 1.165) is 23.7 Å². The molecule has 1 aliphatic carbocycles. The van der Waals surface area contributed by atoms with Crippen LogP contribution in [0.4, 0.5) is 0 Å². The summed E-state index contributed by atoms with van der Waals surface area (Å²) in [6, 6.07) is 0. The van der Waals surface area contributed by atoms with Crippen LogP contribution in [0.15, 0.2) is 0 Å². The van der Waals surface area contributed by atoms with Crippen molar-refractivity contribution in [3.63, 3.8) is 0 Å². The van der Waals surface area contributed by atoms with Gasteiger partial charge in [0.1, 0.15) is 0 Å². The smallest absolute Gasteiger partial charge is 0.0326 e. The minimum Gasteiger partial charge on any atom is -0.0654 e. The van der Waals surface area contributed by atoms with Crippen molar-refractivity contribution in [1.82, 2.24) is 0 Å². The first-order valence-electron chi connectivity index (χ1n) is 6.26. The van der Waals surface area contributed by atoms with E-state index in [1.165, 1.54) is 32.1 Å². The van der Waals surface area contributed by atoms with E-state index in [1.54, 1.807) is 0 Å². The fraction of sp³-hybridized carbons (Fsp3) is 1.00. The van der Waals surface area contributed by atoms with Crippen LogP contribution in [0, 0.1) is 23.7 Å². The summed E-state index contributed by atoms with van der Waals surface area (Å²) in [5.74, 6) is 4.25. The van der Waals surface area contributed by atoms with Crippen molar-refractivity contribution in [2.24, 2.45) is 23.7 Å². The number of hydrogen-bond acceptors (Lipinski definition) is 0. The zero-order chi connectivity index (χ0) is 9.84. The van der Waals surface area contributed by atoms with E-state index in [0.29, 0.717) is 0 Å². The molecule has 13 heavy (non-hydrogen) atoms. The van der Waals surface area contributed by atoms with E-state index in [-0.39, 0.29) is 0 Å². The van der Waals surface area contributed by atoms with Crippen LogP contribution >= 0.6 is 0 Å². The highest BCUT2D eigenvalue weighted by atomic mass is 14.5. The Kier molecular flexibility index (Phi) is 4.28. The largest absolute Gasteiger partial charge is 0.0654 e. The Bertz CT molecular complexity index is 139. The molecule has 0 aromatic carbocycles. The molecular formula is C13H26. The van der Waals surface area contributed by atoms with Crippen molar-refractivity contribution >= 4 is 0 Å². The lowest BCUT2D eigenvalue weighted by Crippen LogP contribution is -2.03. The highest BCUT2D eigenvalue weighted by Crippen LogP contribution is 2.55. The Morgan fingerprint density at radius 1 is 1.08 bits per heavy atom. The van der Waals surface area contributed by atoms with E-state index in [1.807, 2.05) is 0 Å². The van der Waals surface area contributed by atoms with Gasteiger partial charge in [0.05, 0.1) is 0 Å². The molecule has 1 saturated carbocycles. The average molecular weight is 182 g/mol. The lowest BCUT2D eigenvalue weighted by molar-refractivity contribution is 0.376. The molecule has 0 heteroatoms. The number of hydrogen-bond donors (Lipinski definition) is 0. The van der Waals surface area contributed by atoms with Gasteiger partial charge in [-0.1, -0.05) is 59.8 Å². The van der Waals surface area contributed by atoms with E-state index in [9.17, 15) is 0 Å². The van der Waals surface area contributed by atoms with E-state index in [4.69, 9.17) is 0 Å². The van der Waals surface area contributed by atoms with Gasteiger partial charge in [0.15, 0.2) is 0 Å². The summed E-state index contributed by atoms with van der Waals surface area (Å²) in [6.07, 6.45) is 7.11. The van der Waals surface area contributed by atoms with Crippen LogP contribution in [0.1, 0.15) is 59.8 Å². The lowest BCUT2D eigenvalue weighted by Gasteiger charge is -2.13. The van der Waals surface area contributed by atoms with Crippen molar-refractivity contribution in [3.05, 3.63) is 0 Å². The standard InChI is InChI=1S/C13H26/c1-5-8-11(7-3)13-10(4)12(13)9-6-2/h10-13H,5-9H2,1-4H3. The monoisotopic (exact) mass is 182 g/mol. The quantitative estimate of drug-likeness (QED) is 0.567. The molecule has 0 aliphatic heterocycles. The van der Waals surface area contributed by atoms with E-state index >= 15 is 0 Å². The van der Waals surface area contributed by atoms with Gasteiger partial charge in [-0.05, 0) is 23.7 Å². The molecule has 0 radical (unpaired) electrons. The van der Waals surface area contributed by atoms with Gasteiger partial charge in [-0.3, -0.25) is 0 Å². The molecular weight excluding hydrogens is 156 g/mol. The molecule has 1 rings (SSSR count). The van der Waals surface area contributed by atoms with Gasteiger partial charge in [-0.25, -0.2) is 0 Å². The highest BCUT2D eigenvalue weighted by Gasteiger charge is 2.48. The van der Waals surface area contributed by atoms with Crippen LogP contribution in [0.5, 0.6) is 0 Å². The van der Waals surface area contributed by atoms with Crippen molar-refractivity contribution < 1.29 is 0 Å². The maximum atomic E-state index is 2.46. The molecule has 0 heterocycles. The maximum Gasteiger partial charge on any atom is -0.0326 e. The predicted octanol–water partition coefficient (Wildman–Crippen LogP) is 4.49. The highest BCUT2D eigenvalue weighted by molar-refractivity contribution is 4.96. The molecule has 0 amide bonds. The molecule has 0 spiro atoms. The van der Waals surface area contributed by atoms with Crippen LogP contribution in [0.25, 0.3) is 0 Å². The van der Waals surface area contributed by atoms with Gasteiger partial charge in [-0.2, -0.15) is 0 Å². The molecule has 4 atom stereocenters. The Morgan fingerprint density at radius 2 is 1.77 bits per heavy atom. The van der Waals surface area contributed by atoms with Crippen LogP contribution in [-0.2, 0) is 0 Å². The van der Waals surface area contributed by atoms with E-state index in [2.05, 4.69) is 27.7 Å². The Labute approximate surface area is 84.1 Å². The van der Waals surface area contributed by atoms with Crippen LogP contribution in [-0.4, -0.2) is 0 Å². The third-order valence-electron chi connectivity index (χ3n) is 3.99. The first-order chi connectivity index (χ1) is 6.26. The molecule has 1 aliphatic rings. The molecule has 1 fully saturated rings. The minimum atomic E-state index is 1.04. The number of rotatable bonds is 6. The van der Waals surface area contributed by atoms with Crippen LogP contribution in [0.3, 0.4) is 0 Å². The zero-order valence-electron chi connectivity index (χ0n) is 9.84. The van der Waals surface area contributed by atoms with Gasteiger partial charge in [0, 0.05) is 0 Å². The SMILES string of the molecule is CCCC(CC)C1C(C)C1CCC. The fourth-order valence-electron chi connectivity index (χ4n) is 3.19. The molecule has 0 bridgehead atoms. The van der Waals surface area contributed by atoms with Gasteiger partial charge in [-0.15, -0.1) is 0 Å². The maximum absolute atomic E-state index is 2.46. The summed E-state index contributed by atoms with van der Waals surface area (Å²) in [6.45, 7) is 9.48. The predicted molar refractivity (Wildman–Crippen MR) is 59.7 cm³/mol. The lowest BCUT2D eigenvalue weighted by atomic mass is 9.93. The Morgan fingerprint density at radius 3 is 2.23 bits per heavy atom. The van der Waals surface area contributed by atoms with E-state index < -0.39 is 0 Å². The van der Waals surface area contributed by atoms with Gasteiger partial charge in [0.25, 0.3) is 0 Å². The summed E-state index contributed by atoms with van der Waals surface area (Å²) in [5, 5.41) is 0. The second kappa shape index (κ2) is 5.02. The summed E-state index contributed by atoms with van der Waals surface area (Å²) >= 11 is 0. The topological polar surface area (TPSA) is 0 Å². The van der Waals surface area contributed by atoms with Gasteiger partial charge in [0.2, 0.25) is 0 Å². The molecule has 0 aromatic heterocycles. The molecule has 0 aromatic rings. The molecule has 4 unspecified atom stereocenters. The summed E-state index contributed by atoms with van der Waals surface area (Å²) < 4.78 is 0. The van der Waals surface area contributed by atoms with Crippen molar-refractivity contribution in [3.8, 4) is 0 Å².